The Bertz CT molecular complexity index is 1940. The number of hydrogen-bond acceptors (Lipinski definition) is 6. The summed E-state index contributed by atoms with van der Waals surface area (Å²) in [5, 5.41) is 11.1. The number of amides is 4. The van der Waals surface area contributed by atoms with Gasteiger partial charge in [-0.15, -0.1) is 11.6 Å². The summed E-state index contributed by atoms with van der Waals surface area (Å²) in [6.07, 6.45) is 6.62. The van der Waals surface area contributed by atoms with E-state index in [4.69, 9.17) is 17.3 Å². The molecule has 14 nitrogen and oxygen atoms in total. The van der Waals surface area contributed by atoms with E-state index in [1.807, 2.05) is 0 Å². The molecule has 0 aliphatic heterocycles. The minimum Gasteiger partial charge on any atom is -0.387 e. The van der Waals surface area contributed by atoms with E-state index in [1.165, 1.54) is 16.7 Å². The molecular weight excluding hydrogens is 670 g/mol. The fourth-order valence-corrected chi connectivity index (χ4v) is 5.97. The number of rotatable bonds is 14. The Labute approximate surface area is 290 Å². The molecule has 0 aliphatic carbocycles. The maximum absolute atomic E-state index is 13.1. The number of carbonyl (C=O) groups is 4. The zero-order chi connectivity index (χ0) is 35.7. The van der Waals surface area contributed by atoms with Gasteiger partial charge in [0.2, 0.25) is 5.91 Å². The van der Waals surface area contributed by atoms with Crippen LogP contribution in [0.1, 0.15) is 43.4 Å². The van der Waals surface area contributed by atoms with E-state index in [9.17, 15) is 23.4 Å². The number of nitrogens with zero attached hydrogens (tertiary/aromatic N) is 4. The Kier molecular flexibility index (Phi) is 12.4. The molecule has 1 unspecified atom stereocenters. The van der Waals surface area contributed by atoms with Gasteiger partial charge in [-0.3, -0.25) is 28.4 Å². The van der Waals surface area contributed by atoms with Gasteiger partial charge in [0, 0.05) is 76.2 Å². The molecule has 258 valence electrons. The molecule has 4 aromatic rings. The van der Waals surface area contributed by atoms with Crippen LogP contribution in [-0.2, 0) is 36.7 Å². The van der Waals surface area contributed by atoms with Crippen LogP contribution in [0, 0.1) is 0 Å². The van der Waals surface area contributed by atoms with Gasteiger partial charge in [0.15, 0.2) is 0 Å². The molecule has 49 heavy (non-hydrogen) atoms. The van der Waals surface area contributed by atoms with Crippen molar-refractivity contribution in [3.05, 3.63) is 89.6 Å². The fourth-order valence-electron chi connectivity index (χ4n) is 4.74. The number of benzene rings is 1. The van der Waals surface area contributed by atoms with Crippen molar-refractivity contribution >= 4 is 75.1 Å². The molecule has 0 fully saturated rings. The lowest BCUT2D eigenvalue weighted by Crippen LogP contribution is -2.29. The second-order valence-electron chi connectivity index (χ2n) is 10.9. The summed E-state index contributed by atoms with van der Waals surface area (Å²) in [7, 11) is 5.41. The number of aliphatic imine (C=N–C) groups is 1. The second kappa shape index (κ2) is 16.6. The Morgan fingerprint density at radius 2 is 1.45 bits per heavy atom. The van der Waals surface area contributed by atoms with Crippen molar-refractivity contribution < 1.29 is 23.4 Å². The molecule has 1 atom stereocenters. The third kappa shape index (κ3) is 9.58. The smallest absolute Gasteiger partial charge is 0.272 e. The van der Waals surface area contributed by atoms with Crippen LogP contribution in [0.25, 0.3) is 6.08 Å². The third-order valence-electron chi connectivity index (χ3n) is 7.38. The zero-order valence-corrected chi connectivity index (χ0v) is 29.0. The molecule has 1 aromatic carbocycles. The Balaban J connectivity index is 1.33. The fraction of sp³-hybridized carbons (Fsp3) is 0.242. The van der Waals surface area contributed by atoms with Crippen molar-refractivity contribution in [3.63, 3.8) is 0 Å². The van der Waals surface area contributed by atoms with Crippen LogP contribution in [-0.4, -0.2) is 72.6 Å². The SMILES string of the molecule is CN=C(N)CCNC(=O)c1cc(NC(=O)c2cc(NC(=O)c3ccc(NC(=O)/C=C/c4ccc(S(=O)CCCl)cc4)n3C)cn2C)cn1C. The molecule has 0 bridgehead atoms. The van der Waals surface area contributed by atoms with Gasteiger partial charge in [-0.05, 0) is 48.0 Å². The summed E-state index contributed by atoms with van der Waals surface area (Å²) < 4.78 is 16.8. The number of nitrogens with two attached hydrogens (primary N) is 1. The predicted octanol–water partition coefficient (Wildman–Crippen LogP) is 3.31. The van der Waals surface area contributed by atoms with Crippen LogP contribution < -0.4 is 27.0 Å². The van der Waals surface area contributed by atoms with Crippen molar-refractivity contribution in [1.29, 1.82) is 0 Å². The molecule has 0 saturated carbocycles. The van der Waals surface area contributed by atoms with Gasteiger partial charge in [0.1, 0.15) is 22.9 Å². The highest BCUT2D eigenvalue weighted by molar-refractivity contribution is 7.85. The maximum atomic E-state index is 13.1. The summed E-state index contributed by atoms with van der Waals surface area (Å²) in [5.41, 5.74) is 8.11. The van der Waals surface area contributed by atoms with Crippen molar-refractivity contribution in [2.75, 3.05) is 41.2 Å². The van der Waals surface area contributed by atoms with Crippen molar-refractivity contribution in [3.8, 4) is 0 Å². The van der Waals surface area contributed by atoms with Gasteiger partial charge in [-0.25, -0.2) is 0 Å². The highest BCUT2D eigenvalue weighted by Crippen LogP contribution is 2.20. The highest BCUT2D eigenvalue weighted by atomic mass is 35.5. The monoisotopic (exact) mass is 707 g/mol. The minimum absolute atomic E-state index is 0.268. The van der Waals surface area contributed by atoms with Gasteiger partial charge in [-0.2, -0.15) is 0 Å². The topological polar surface area (TPSA) is 187 Å². The van der Waals surface area contributed by atoms with Crippen LogP contribution in [0.5, 0.6) is 0 Å². The summed E-state index contributed by atoms with van der Waals surface area (Å²) in [6, 6.07) is 13.3. The lowest BCUT2D eigenvalue weighted by molar-refractivity contribution is -0.111. The first-order valence-corrected chi connectivity index (χ1v) is 16.9. The number of carbonyl (C=O) groups excluding carboxylic acids is 4. The number of alkyl halides is 1. The van der Waals surface area contributed by atoms with Gasteiger partial charge in [0.25, 0.3) is 17.7 Å². The summed E-state index contributed by atoms with van der Waals surface area (Å²) in [6.45, 7) is 0.320. The van der Waals surface area contributed by atoms with Gasteiger partial charge >= 0.3 is 0 Å². The van der Waals surface area contributed by atoms with Gasteiger partial charge < -0.3 is 40.7 Å². The van der Waals surface area contributed by atoms with Gasteiger partial charge in [-0.1, -0.05) is 12.1 Å². The number of aryl methyl sites for hydroxylation is 2. The van der Waals surface area contributed by atoms with E-state index in [0.29, 0.717) is 58.2 Å². The van der Waals surface area contributed by atoms with Crippen molar-refractivity contribution in [2.24, 2.45) is 31.9 Å². The average Bonchev–Trinajstić information content (AvgIpc) is 3.75. The summed E-state index contributed by atoms with van der Waals surface area (Å²) in [4.78, 5) is 55.9. The van der Waals surface area contributed by atoms with Crippen LogP contribution in [0.4, 0.5) is 17.2 Å². The zero-order valence-electron chi connectivity index (χ0n) is 27.5. The molecule has 6 N–H and O–H groups in total. The van der Waals surface area contributed by atoms with Crippen LogP contribution in [0.2, 0.25) is 0 Å². The third-order valence-corrected chi connectivity index (χ3v) is 9.17. The van der Waals surface area contributed by atoms with Crippen molar-refractivity contribution in [2.45, 2.75) is 11.3 Å². The number of hydrogen-bond donors (Lipinski definition) is 5. The second-order valence-corrected chi connectivity index (χ2v) is 12.8. The van der Waals surface area contributed by atoms with Gasteiger partial charge in [0.05, 0.1) is 28.0 Å². The number of halogens is 1. The summed E-state index contributed by atoms with van der Waals surface area (Å²) in [5.74, 6) is -0.121. The van der Waals surface area contributed by atoms with E-state index in [2.05, 4.69) is 26.3 Å². The first-order valence-electron chi connectivity index (χ1n) is 15.0. The molecule has 4 rings (SSSR count). The van der Waals surface area contributed by atoms with E-state index >= 15 is 0 Å². The van der Waals surface area contributed by atoms with E-state index in [-0.39, 0.29) is 17.3 Å². The molecule has 4 amide bonds. The molecule has 16 heteroatoms. The Hall–Kier alpha value is -5.41. The standard InChI is InChI=1S/C33H38ClN9O5S/c1-36-28(35)13-15-37-31(45)26-17-22(19-41(26)2)39-33(47)27-18-23(20-42(27)3)38-32(46)25-10-11-29(43(25)4)40-30(44)12-7-21-5-8-24(9-6-21)49(48)16-14-34/h5-12,17-20H,13-16H2,1-4H3,(H2,35,36)(H,37,45)(H,38,46)(H,39,47)(H,40,44)/b12-7+. The molecular formula is C33H38ClN9O5S. The molecule has 3 aromatic heterocycles. The average molecular weight is 708 g/mol. The quantitative estimate of drug-likeness (QED) is 0.0579. The first-order chi connectivity index (χ1) is 23.4. The maximum Gasteiger partial charge on any atom is 0.272 e. The largest absolute Gasteiger partial charge is 0.387 e. The molecule has 0 saturated heterocycles. The van der Waals surface area contributed by atoms with E-state index < -0.39 is 28.5 Å². The Morgan fingerprint density at radius 1 is 0.857 bits per heavy atom. The lowest BCUT2D eigenvalue weighted by Gasteiger charge is -2.08. The number of aromatic nitrogens is 3. The molecule has 0 spiro atoms. The van der Waals surface area contributed by atoms with Crippen LogP contribution >= 0.6 is 11.6 Å². The number of anilines is 3. The number of amidine groups is 1. The van der Waals surface area contributed by atoms with Crippen LogP contribution in [0.15, 0.2) is 76.9 Å². The number of nitrogens with one attached hydrogen (secondary N) is 4. The first kappa shape index (κ1) is 36.4. The Morgan fingerprint density at radius 3 is 2.04 bits per heavy atom. The van der Waals surface area contributed by atoms with Crippen molar-refractivity contribution in [1.82, 2.24) is 19.0 Å². The molecule has 0 radical (unpaired) electrons. The normalized spacial score (nSPS) is 12.1. The summed E-state index contributed by atoms with van der Waals surface area (Å²) >= 11 is 5.66. The van der Waals surface area contributed by atoms with E-state index in [0.717, 1.165) is 5.56 Å². The lowest BCUT2D eigenvalue weighted by atomic mass is 10.2. The van der Waals surface area contributed by atoms with Crippen LogP contribution in [0.3, 0.4) is 0 Å². The minimum atomic E-state index is -1.17. The molecule has 0 aliphatic rings. The predicted molar refractivity (Wildman–Crippen MR) is 193 cm³/mol. The molecule has 3 heterocycles. The van der Waals surface area contributed by atoms with E-state index in [1.54, 1.807) is 98.3 Å². The highest BCUT2D eigenvalue weighted by Gasteiger charge is 2.19.